The number of hydrogen-bond acceptors (Lipinski definition) is 9. The molecule has 0 aromatic rings. The zero-order valence-electron chi connectivity index (χ0n) is 17.5. The fourth-order valence-electron chi connectivity index (χ4n) is 1.90. The first-order valence-electron chi connectivity index (χ1n) is 9.36. The second-order valence-electron chi connectivity index (χ2n) is 6.21. The Morgan fingerprint density at radius 3 is 1.34 bits per heavy atom. The summed E-state index contributed by atoms with van der Waals surface area (Å²) in [6.45, 7) is 13.3. The summed E-state index contributed by atoms with van der Waals surface area (Å²) < 4.78 is 19.6. The quantitative estimate of drug-likeness (QED) is 0.170. The number of rotatable bonds is 15. The van der Waals surface area contributed by atoms with Crippen molar-refractivity contribution in [2.45, 2.75) is 33.6 Å². The molecular weight excluding hydrogens is 382 g/mol. The van der Waals surface area contributed by atoms with Crippen molar-refractivity contribution in [1.82, 2.24) is 4.90 Å². The molecule has 0 radical (unpaired) electrons. The maximum Gasteiger partial charge on any atom is 0.333 e. The molecule has 0 amide bonds. The molecule has 0 aromatic heterocycles. The molecule has 0 aliphatic carbocycles. The van der Waals surface area contributed by atoms with Crippen molar-refractivity contribution in [1.29, 1.82) is 0 Å². The molecule has 0 fully saturated rings. The van der Waals surface area contributed by atoms with Crippen LogP contribution in [0.4, 0.5) is 0 Å². The van der Waals surface area contributed by atoms with Crippen LogP contribution in [0.3, 0.4) is 0 Å². The summed E-state index contributed by atoms with van der Waals surface area (Å²) in [7, 11) is 0. The van der Waals surface area contributed by atoms with Crippen molar-refractivity contribution in [2.75, 3.05) is 46.1 Å². The highest BCUT2D eigenvalue weighted by atomic mass is 16.6. The monoisotopic (exact) mass is 413 g/mol. The van der Waals surface area contributed by atoms with E-state index < -0.39 is 23.9 Å². The van der Waals surface area contributed by atoms with Crippen LogP contribution >= 0.6 is 0 Å². The van der Waals surface area contributed by atoms with E-state index in [1.54, 1.807) is 0 Å². The minimum Gasteiger partial charge on any atom is -0.462 e. The summed E-state index contributed by atoms with van der Waals surface area (Å²) >= 11 is 0. The Bertz CT molecular complexity index is 549. The highest BCUT2D eigenvalue weighted by molar-refractivity contribution is 5.87. The summed E-state index contributed by atoms with van der Waals surface area (Å²) in [6.07, 6.45) is 0.294. The van der Waals surface area contributed by atoms with E-state index >= 15 is 0 Å². The lowest BCUT2D eigenvalue weighted by Gasteiger charge is -2.19. The molecule has 0 bridgehead atoms. The fourth-order valence-corrected chi connectivity index (χ4v) is 1.90. The molecule has 9 heteroatoms. The van der Waals surface area contributed by atoms with Gasteiger partial charge in [-0.2, -0.15) is 0 Å². The molecule has 0 atom stereocenters. The summed E-state index contributed by atoms with van der Waals surface area (Å²) in [5, 5.41) is 0. The van der Waals surface area contributed by atoms with Crippen LogP contribution in [0.2, 0.25) is 0 Å². The smallest absolute Gasteiger partial charge is 0.333 e. The number of hydrogen-bond donors (Lipinski definition) is 0. The van der Waals surface area contributed by atoms with Crippen molar-refractivity contribution in [3.8, 4) is 0 Å². The Morgan fingerprint density at radius 1 is 0.690 bits per heavy atom. The zero-order valence-corrected chi connectivity index (χ0v) is 17.5. The number of carbonyl (C=O) groups excluding carboxylic acids is 4. The second kappa shape index (κ2) is 15.3. The van der Waals surface area contributed by atoms with Crippen molar-refractivity contribution in [3.05, 3.63) is 24.3 Å². The molecule has 9 nitrogen and oxygen atoms in total. The van der Waals surface area contributed by atoms with E-state index in [4.69, 9.17) is 18.9 Å². The molecule has 164 valence electrons. The van der Waals surface area contributed by atoms with Gasteiger partial charge in [0.05, 0.1) is 12.8 Å². The van der Waals surface area contributed by atoms with Gasteiger partial charge in [0.2, 0.25) is 0 Å². The van der Waals surface area contributed by atoms with Gasteiger partial charge >= 0.3 is 23.9 Å². The van der Waals surface area contributed by atoms with Crippen LogP contribution in [-0.4, -0.2) is 74.8 Å². The molecule has 29 heavy (non-hydrogen) atoms. The minimum absolute atomic E-state index is 0.0216. The molecule has 0 rings (SSSR count). The van der Waals surface area contributed by atoms with Crippen LogP contribution in [0, 0.1) is 0 Å². The van der Waals surface area contributed by atoms with Crippen LogP contribution < -0.4 is 0 Å². The van der Waals surface area contributed by atoms with E-state index in [2.05, 4.69) is 13.2 Å². The molecule has 0 heterocycles. The first-order valence-corrected chi connectivity index (χ1v) is 9.36. The first-order chi connectivity index (χ1) is 13.7. The number of esters is 4. The van der Waals surface area contributed by atoms with Crippen LogP contribution in [0.25, 0.3) is 0 Å². The highest BCUT2D eigenvalue weighted by Gasteiger charge is 2.12. The third-order valence-corrected chi connectivity index (χ3v) is 3.57. The summed E-state index contributed by atoms with van der Waals surface area (Å²) in [5.74, 6) is -1.90. The van der Waals surface area contributed by atoms with Gasteiger partial charge in [0.1, 0.15) is 26.4 Å². The molecule has 0 N–H and O–H groups in total. The van der Waals surface area contributed by atoms with Crippen LogP contribution in [-0.2, 0) is 38.1 Å². The lowest BCUT2D eigenvalue weighted by Crippen LogP contribution is -2.30. The van der Waals surface area contributed by atoms with E-state index in [1.807, 2.05) is 11.8 Å². The summed E-state index contributed by atoms with van der Waals surface area (Å²) in [4.78, 5) is 47.7. The largest absolute Gasteiger partial charge is 0.462 e. The van der Waals surface area contributed by atoms with Gasteiger partial charge in [-0.15, -0.1) is 0 Å². The molecule has 0 aromatic carbocycles. The third-order valence-electron chi connectivity index (χ3n) is 3.57. The Kier molecular flexibility index (Phi) is 13.9. The second-order valence-corrected chi connectivity index (χ2v) is 6.21. The van der Waals surface area contributed by atoms with Crippen LogP contribution in [0.15, 0.2) is 24.3 Å². The van der Waals surface area contributed by atoms with Crippen LogP contribution in [0.1, 0.15) is 33.6 Å². The Hall–Kier alpha value is -2.68. The predicted molar refractivity (Wildman–Crippen MR) is 105 cm³/mol. The van der Waals surface area contributed by atoms with Gasteiger partial charge < -0.3 is 23.8 Å². The number of carbonyl (C=O) groups is 4. The maximum atomic E-state index is 11.7. The van der Waals surface area contributed by atoms with E-state index in [-0.39, 0.29) is 50.4 Å². The minimum atomic E-state index is -0.529. The van der Waals surface area contributed by atoms with Crippen molar-refractivity contribution >= 4 is 23.9 Å². The maximum absolute atomic E-state index is 11.7. The van der Waals surface area contributed by atoms with Gasteiger partial charge in [0, 0.05) is 24.2 Å². The normalized spacial score (nSPS) is 10.2. The summed E-state index contributed by atoms with van der Waals surface area (Å²) in [6, 6.07) is 0. The van der Waals surface area contributed by atoms with E-state index in [9.17, 15) is 19.2 Å². The lowest BCUT2D eigenvalue weighted by atomic mass is 10.3. The molecular formula is C20H31NO8. The molecule has 0 aliphatic rings. The van der Waals surface area contributed by atoms with Gasteiger partial charge in [0.15, 0.2) is 0 Å². The first kappa shape index (κ1) is 26.3. The SMILES string of the molecule is C=C(C)C(=O)OCCOC(=O)CCN(CC)CCC(=O)OCCOC(=O)C(=C)C. The average molecular weight is 413 g/mol. The van der Waals surface area contributed by atoms with E-state index in [0.29, 0.717) is 19.6 Å². The van der Waals surface area contributed by atoms with E-state index in [0.717, 1.165) is 0 Å². The van der Waals surface area contributed by atoms with Gasteiger partial charge in [-0.1, -0.05) is 20.1 Å². The standard InChI is InChI=1S/C20H31NO8/c1-6-21(9-7-17(22)26-11-13-28-19(24)15(2)3)10-8-18(23)27-12-14-29-20(25)16(4)5/h2,4,6-14H2,1,3,5H3. The van der Waals surface area contributed by atoms with Crippen LogP contribution in [0.5, 0.6) is 0 Å². The predicted octanol–water partition coefficient (Wildman–Crippen LogP) is 1.41. The lowest BCUT2D eigenvalue weighted by molar-refractivity contribution is -0.151. The van der Waals surface area contributed by atoms with Gasteiger partial charge in [0.25, 0.3) is 0 Å². The third kappa shape index (κ3) is 14.0. The van der Waals surface area contributed by atoms with Crippen molar-refractivity contribution < 1.29 is 38.1 Å². The zero-order chi connectivity index (χ0) is 22.2. The van der Waals surface area contributed by atoms with Gasteiger partial charge in [-0.25, -0.2) is 9.59 Å². The van der Waals surface area contributed by atoms with Gasteiger partial charge in [-0.05, 0) is 20.4 Å². The molecule has 0 saturated heterocycles. The fraction of sp³-hybridized carbons (Fsp3) is 0.600. The van der Waals surface area contributed by atoms with E-state index in [1.165, 1.54) is 13.8 Å². The molecule has 0 aliphatic heterocycles. The number of ether oxygens (including phenoxy) is 4. The van der Waals surface area contributed by atoms with Crippen molar-refractivity contribution in [2.24, 2.45) is 0 Å². The summed E-state index contributed by atoms with van der Waals surface area (Å²) in [5.41, 5.74) is 0.558. The number of nitrogens with zero attached hydrogens (tertiary/aromatic N) is 1. The van der Waals surface area contributed by atoms with Gasteiger partial charge in [-0.3, -0.25) is 9.59 Å². The molecule has 0 unspecified atom stereocenters. The molecule has 0 saturated carbocycles. The Morgan fingerprint density at radius 2 is 1.03 bits per heavy atom. The topological polar surface area (TPSA) is 108 Å². The van der Waals surface area contributed by atoms with Crippen molar-refractivity contribution in [3.63, 3.8) is 0 Å². The molecule has 0 spiro atoms. The Balaban J connectivity index is 3.89. The highest BCUT2D eigenvalue weighted by Crippen LogP contribution is 1.99. The Labute approximate surface area is 171 Å². The average Bonchev–Trinajstić information content (AvgIpc) is 2.67.